The van der Waals surface area contributed by atoms with Crippen LogP contribution in [0.1, 0.15) is 29.8 Å². The Morgan fingerprint density at radius 3 is 2.31 bits per heavy atom. The Balaban J connectivity index is 0.00000338. The lowest BCUT2D eigenvalue weighted by atomic mass is 10.1. The molecule has 5 N–H and O–H groups in total. The highest BCUT2D eigenvalue weighted by Gasteiger charge is 2.14. The van der Waals surface area contributed by atoms with Crippen LogP contribution in [0.15, 0.2) is 48.5 Å². The Labute approximate surface area is 160 Å². The van der Waals surface area contributed by atoms with Crippen molar-refractivity contribution in [1.82, 2.24) is 5.32 Å². The Kier molecular flexibility index (Phi) is 7.61. The molecule has 2 aromatic rings. The molecule has 0 unspecified atom stereocenters. The number of urea groups is 1. The first-order valence-electron chi connectivity index (χ1n) is 8.05. The number of nitrogens with one attached hydrogen (secondary N) is 3. The number of halogens is 1. The molecule has 0 atom stereocenters. The quantitative estimate of drug-likeness (QED) is 0.642. The molecule has 7 heteroatoms. The number of amides is 3. The monoisotopic (exact) mass is 376 g/mol. The average molecular weight is 377 g/mol. The Bertz CT molecular complexity index is 758. The summed E-state index contributed by atoms with van der Waals surface area (Å²) in [5, 5.41) is 8.30. The summed E-state index contributed by atoms with van der Waals surface area (Å²) < 4.78 is 0. The number of carbonyl (C=O) groups is 2. The zero-order chi connectivity index (χ0) is 18.4. The van der Waals surface area contributed by atoms with Gasteiger partial charge in [0.1, 0.15) is 0 Å². The van der Waals surface area contributed by atoms with E-state index in [1.54, 1.807) is 30.3 Å². The third-order valence-electron chi connectivity index (χ3n) is 3.48. The molecule has 2 rings (SSSR count). The predicted molar refractivity (Wildman–Crippen MR) is 108 cm³/mol. The van der Waals surface area contributed by atoms with E-state index in [4.69, 9.17) is 5.73 Å². The van der Waals surface area contributed by atoms with Crippen molar-refractivity contribution in [3.8, 4) is 0 Å². The van der Waals surface area contributed by atoms with Crippen molar-refractivity contribution in [2.75, 3.05) is 17.2 Å². The molecule has 0 aromatic heterocycles. The van der Waals surface area contributed by atoms with Crippen LogP contribution < -0.4 is 21.7 Å². The van der Waals surface area contributed by atoms with E-state index in [9.17, 15) is 9.59 Å². The maximum Gasteiger partial charge on any atom is 0.323 e. The molecule has 2 aromatic carbocycles. The average Bonchev–Trinajstić information content (AvgIpc) is 2.55. The minimum Gasteiger partial charge on any atom is -0.350 e. The van der Waals surface area contributed by atoms with Gasteiger partial charge in [-0.1, -0.05) is 24.3 Å². The van der Waals surface area contributed by atoms with Gasteiger partial charge in [0.05, 0.1) is 0 Å². The summed E-state index contributed by atoms with van der Waals surface area (Å²) in [5.74, 6) is -0.231. The number of benzene rings is 2. The summed E-state index contributed by atoms with van der Waals surface area (Å²) in [6, 6.07) is 13.9. The molecule has 3 amide bonds. The summed E-state index contributed by atoms with van der Waals surface area (Å²) in [5.41, 5.74) is 7.98. The number of hydrogen-bond acceptors (Lipinski definition) is 3. The standard InChI is InChI=1S/C19H24N4O2.ClH/c1-13-9-10-14(17(24)21-12-19(2,3)20)11-16(13)23-18(25)22-15-7-5-4-6-8-15;/h4-11H,12,20H2,1-3H3,(H,21,24)(H2,22,23,25);1H. The minimum atomic E-state index is -0.489. The van der Waals surface area contributed by atoms with Gasteiger partial charge in [-0.25, -0.2) is 4.79 Å². The van der Waals surface area contributed by atoms with Gasteiger partial charge in [0.25, 0.3) is 5.91 Å². The summed E-state index contributed by atoms with van der Waals surface area (Å²) in [6.07, 6.45) is 0. The summed E-state index contributed by atoms with van der Waals surface area (Å²) in [6.45, 7) is 5.90. The predicted octanol–water partition coefficient (Wildman–Crippen LogP) is 3.53. The summed E-state index contributed by atoms with van der Waals surface area (Å²) in [7, 11) is 0. The lowest BCUT2D eigenvalue weighted by Crippen LogP contribution is -2.45. The van der Waals surface area contributed by atoms with Crippen molar-refractivity contribution in [1.29, 1.82) is 0 Å². The van der Waals surface area contributed by atoms with Crippen molar-refractivity contribution < 1.29 is 9.59 Å². The first-order chi connectivity index (χ1) is 11.7. The highest BCUT2D eigenvalue weighted by molar-refractivity contribution is 6.02. The molecular weight excluding hydrogens is 352 g/mol. The zero-order valence-electron chi connectivity index (χ0n) is 15.1. The van der Waals surface area contributed by atoms with Gasteiger partial charge in [-0.2, -0.15) is 0 Å². The van der Waals surface area contributed by atoms with Gasteiger partial charge in [-0.15, -0.1) is 12.4 Å². The van der Waals surface area contributed by atoms with Crippen molar-refractivity contribution in [2.24, 2.45) is 5.73 Å². The second-order valence-electron chi connectivity index (χ2n) is 6.65. The fourth-order valence-electron chi connectivity index (χ4n) is 2.11. The van der Waals surface area contributed by atoms with E-state index in [1.807, 2.05) is 39.0 Å². The summed E-state index contributed by atoms with van der Waals surface area (Å²) in [4.78, 5) is 24.4. The van der Waals surface area contributed by atoms with Gasteiger partial charge in [-0.3, -0.25) is 4.79 Å². The molecule has 0 fully saturated rings. The van der Waals surface area contributed by atoms with Crippen LogP contribution in [0.5, 0.6) is 0 Å². The van der Waals surface area contributed by atoms with Crippen molar-refractivity contribution >= 4 is 35.7 Å². The van der Waals surface area contributed by atoms with Gasteiger partial charge in [-0.05, 0) is 50.6 Å². The molecule has 140 valence electrons. The third-order valence-corrected chi connectivity index (χ3v) is 3.48. The van der Waals surface area contributed by atoms with E-state index in [0.717, 1.165) is 5.56 Å². The van der Waals surface area contributed by atoms with Gasteiger partial charge >= 0.3 is 6.03 Å². The molecule has 0 aliphatic carbocycles. The van der Waals surface area contributed by atoms with Crippen LogP contribution >= 0.6 is 12.4 Å². The van der Waals surface area contributed by atoms with E-state index in [-0.39, 0.29) is 24.3 Å². The number of carbonyl (C=O) groups excluding carboxylic acids is 2. The van der Waals surface area contributed by atoms with Crippen molar-refractivity contribution in [2.45, 2.75) is 26.3 Å². The molecule has 0 saturated carbocycles. The molecule has 0 aliphatic heterocycles. The van der Waals surface area contributed by atoms with Crippen LogP contribution in [-0.4, -0.2) is 24.0 Å². The Morgan fingerprint density at radius 2 is 1.69 bits per heavy atom. The molecule has 26 heavy (non-hydrogen) atoms. The Hall–Kier alpha value is -2.57. The highest BCUT2D eigenvalue weighted by Crippen LogP contribution is 2.18. The molecule has 6 nitrogen and oxygen atoms in total. The van der Waals surface area contributed by atoms with Gasteiger partial charge in [0, 0.05) is 29.0 Å². The molecule has 0 aliphatic rings. The van der Waals surface area contributed by atoms with E-state index in [0.29, 0.717) is 23.5 Å². The first kappa shape index (κ1) is 21.5. The lowest BCUT2D eigenvalue weighted by molar-refractivity contribution is 0.0946. The van der Waals surface area contributed by atoms with Gasteiger partial charge in [0.2, 0.25) is 0 Å². The van der Waals surface area contributed by atoms with Gasteiger partial charge in [0.15, 0.2) is 0 Å². The van der Waals surface area contributed by atoms with E-state index < -0.39 is 5.54 Å². The SMILES string of the molecule is Cc1ccc(C(=O)NCC(C)(C)N)cc1NC(=O)Nc1ccccc1.Cl. The number of nitrogens with two attached hydrogens (primary N) is 1. The number of aryl methyl sites for hydroxylation is 1. The largest absolute Gasteiger partial charge is 0.350 e. The second-order valence-corrected chi connectivity index (χ2v) is 6.65. The minimum absolute atomic E-state index is 0. The summed E-state index contributed by atoms with van der Waals surface area (Å²) >= 11 is 0. The number of hydrogen-bond donors (Lipinski definition) is 4. The van der Waals surface area contributed by atoms with Crippen molar-refractivity contribution in [3.63, 3.8) is 0 Å². The third kappa shape index (κ3) is 6.74. The molecular formula is C19H25ClN4O2. The number of para-hydroxylation sites is 1. The first-order valence-corrected chi connectivity index (χ1v) is 8.05. The second kappa shape index (κ2) is 9.22. The van der Waals surface area contributed by atoms with E-state index in [2.05, 4.69) is 16.0 Å². The van der Waals surface area contributed by atoms with Crippen LogP contribution in [-0.2, 0) is 0 Å². The van der Waals surface area contributed by atoms with Crippen LogP contribution in [0.4, 0.5) is 16.2 Å². The molecule has 0 spiro atoms. The van der Waals surface area contributed by atoms with E-state index in [1.165, 1.54) is 0 Å². The van der Waals surface area contributed by atoms with Crippen LogP contribution in [0.3, 0.4) is 0 Å². The van der Waals surface area contributed by atoms with Gasteiger partial charge < -0.3 is 21.7 Å². The fraction of sp³-hybridized carbons (Fsp3) is 0.263. The normalized spacial score (nSPS) is 10.5. The van der Waals surface area contributed by atoms with Crippen LogP contribution in [0, 0.1) is 6.92 Å². The highest BCUT2D eigenvalue weighted by atomic mass is 35.5. The van der Waals surface area contributed by atoms with E-state index >= 15 is 0 Å². The smallest absolute Gasteiger partial charge is 0.323 e. The molecule has 0 radical (unpaired) electrons. The molecule has 0 bridgehead atoms. The lowest BCUT2D eigenvalue weighted by Gasteiger charge is -2.19. The maximum atomic E-state index is 12.2. The fourth-order valence-corrected chi connectivity index (χ4v) is 2.11. The van der Waals surface area contributed by atoms with Crippen molar-refractivity contribution in [3.05, 3.63) is 59.7 Å². The number of anilines is 2. The number of rotatable bonds is 5. The Morgan fingerprint density at radius 1 is 1.04 bits per heavy atom. The molecule has 0 saturated heterocycles. The zero-order valence-corrected chi connectivity index (χ0v) is 15.9. The maximum absolute atomic E-state index is 12.2. The van der Waals surface area contributed by atoms with Crippen LogP contribution in [0.2, 0.25) is 0 Å². The molecule has 0 heterocycles. The van der Waals surface area contributed by atoms with Crippen LogP contribution in [0.25, 0.3) is 0 Å². The topological polar surface area (TPSA) is 96.2 Å².